The predicted octanol–water partition coefficient (Wildman–Crippen LogP) is -2.16. The summed E-state index contributed by atoms with van der Waals surface area (Å²) in [4.78, 5) is 0. The second kappa shape index (κ2) is 3.08. The molecule has 0 bridgehead atoms. The van der Waals surface area contributed by atoms with E-state index in [4.69, 9.17) is 0 Å². The zero-order valence-corrected chi connectivity index (χ0v) is 6.57. The maximum absolute atomic E-state index is 3.89. The van der Waals surface area contributed by atoms with E-state index in [1.807, 2.05) is 19.1 Å². The molecule has 0 aliphatic carbocycles. The van der Waals surface area contributed by atoms with Crippen LogP contribution < -0.4 is 18.9 Å². The Labute approximate surface area is 76.6 Å². The molecule has 0 fully saturated rings. The third-order valence-corrected chi connectivity index (χ3v) is 1.44. The average Bonchev–Trinajstić information content (AvgIpc) is 2.34. The van der Waals surface area contributed by atoms with Gasteiger partial charge in [0.25, 0.3) is 0 Å². The van der Waals surface area contributed by atoms with Crippen LogP contribution in [0.4, 0.5) is 0 Å². The SMILES string of the molecule is Cc1nnn2c[c-]ccc12.[Li+]. The molecule has 2 aromatic rings. The van der Waals surface area contributed by atoms with Gasteiger partial charge in [0, 0.05) is 5.52 Å². The first-order valence-corrected chi connectivity index (χ1v) is 3.05. The van der Waals surface area contributed by atoms with Gasteiger partial charge < -0.3 is 0 Å². The molecule has 0 spiro atoms. The van der Waals surface area contributed by atoms with Crippen LogP contribution in [0.3, 0.4) is 0 Å². The van der Waals surface area contributed by atoms with Crippen LogP contribution in [0.25, 0.3) is 5.52 Å². The number of aromatic nitrogens is 3. The summed E-state index contributed by atoms with van der Waals surface area (Å²) in [6.07, 6.45) is 1.76. The molecule has 11 heavy (non-hydrogen) atoms. The first-order chi connectivity index (χ1) is 4.88. The van der Waals surface area contributed by atoms with Crippen molar-refractivity contribution in [1.29, 1.82) is 0 Å². The van der Waals surface area contributed by atoms with Crippen LogP contribution in [-0.2, 0) is 0 Å². The Balaban J connectivity index is 0.000000605. The van der Waals surface area contributed by atoms with Gasteiger partial charge in [-0.05, 0) is 6.92 Å². The summed E-state index contributed by atoms with van der Waals surface area (Å²) in [6.45, 7) is 1.93. The summed E-state index contributed by atoms with van der Waals surface area (Å²) in [5.41, 5.74) is 1.99. The molecular formula is C7H6LiN3. The van der Waals surface area contributed by atoms with Gasteiger partial charge in [-0.3, -0.25) is 4.52 Å². The Hall–Kier alpha value is -0.783. The van der Waals surface area contributed by atoms with Gasteiger partial charge in [-0.15, -0.1) is 5.10 Å². The quantitative estimate of drug-likeness (QED) is 0.307. The Bertz CT molecular complexity index is 355. The van der Waals surface area contributed by atoms with Crippen molar-refractivity contribution in [3.63, 3.8) is 0 Å². The number of aryl methyl sites for hydroxylation is 1. The van der Waals surface area contributed by atoms with Crippen molar-refractivity contribution < 1.29 is 18.9 Å². The van der Waals surface area contributed by atoms with E-state index in [-0.39, 0.29) is 18.9 Å². The number of rotatable bonds is 0. The second-order valence-corrected chi connectivity index (χ2v) is 2.13. The maximum atomic E-state index is 3.89. The van der Waals surface area contributed by atoms with Gasteiger partial charge in [-0.25, -0.2) is 12.1 Å². The van der Waals surface area contributed by atoms with Crippen LogP contribution in [0.1, 0.15) is 5.69 Å². The van der Waals surface area contributed by atoms with Gasteiger partial charge in [0.1, 0.15) is 0 Å². The van der Waals surface area contributed by atoms with E-state index in [1.54, 1.807) is 10.7 Å². The average molecular weight is 139 g/mol. The van der Waals surface area contributed by atoms with Gasteiger partial charge in [0.15, 0.2) is 0 Å². The van der Waals surface area contributed by atoms with E-state index in [1.165, 1.54) is 0 Å². The fourth-order valence-corrected chi connectivity index (χ4v) is 0.913. The topological polar surface area (TPSA) is 30.2 Å². The van der Waals surface area contributed by atoms with Crippen molar-refractivity contribution >= 4 is 5.52 Å². The number of nitrogens with zero attached hydrogens (tertiary/aromatic N) is 3. The van der Waals surface area contributed by atoms with E-state index >= 15 is 0 Å². The van der Waals surface area contributed by atoms with Crippen LogP contribution in [0.15, 0.2) is 18.3 Å². The minimum absolute atomic E-state index is 0. The molecule has 0 radical (unpaired) electrons. The summed E-state index contributed by atoms with van der Waals surface area (Å²) in [6, 6.07) is 6.70. The van der Waals surface area contributed by atoms with Crippen LogP contribution >= 0.6 is 0 Å². The van der Waals surface area contributed by atoms with Crippen LogP contribution in [-0.4, -0.2) is 14.8 Å². The Morgan fingerprint density at radius 3 is 3.09 bits per heavy atom. The summed E-state index contributed by atoms with van der Waals surface area (Å²) >= 11 is 0. The predicted molar refractivity (Wildman–Crippen MR) is 36.6 cm³/mol. The van der Waals surface area contributed by atoms with Crippen molar-refractivity contribution in [2.45, 2.75) is 6.92 Å². The van der Waals surface area contributed by atoms with Crippen molar-refractivity contribution in [3.8, 4) is 0 Å². The van der Waals surface area contributed by atoms with Gasteiger partial charge in [0.05, 0.1) is 5.69 Å². The van der Waals surface area contributed by atoms with Crippen molar-refractivity contribution in [2.75, 3.05) is 0 Å². The molecule has 0 aliphatic rings. The first kappa shape index (κ1) is 8.32. The number of hydrogen-bond donors (Lipinski definition) is 0. The van der Waals surface area contributed by atoms with Crippen molar-refractivity contribution in [1.82, 2.24) is 14.8 Å². The Morgan fingerprint density at radius 1 is 1.55 bits per heavy atom. The van der Waals surface area contributed by atoms with Gasteiger partial charge in [-0.2, -0.15) is 6.07 Å². The standard InChI is InChI=1S/C7H6N3.Li/c1-6-7-4-2-3-5-10(7)9-8-6;/h2,4-5H,1H3;/q-1;+1. The zero-order chi connectivity index (χ0) is 6.97. The van der Waals surface area contributed by atoms with E-state index in [2.05, 4.69) is 16.4 Å². The molecule has 0 unspecified atom stereocenters. The molecule has 3 nitrogen and oxygen atoms in total. The number of fused-ring (bicyclic) bond motifs is 1. The number of hydrogen-bond acceptors (Lipinski definition) is 2. The normalized spacial score (nSPS) is 9.55. The number of pyridine rings is 1. The van der Waals surface area contributed by atoms with E-state index in [9.17, 15) is 0 Å². The maximum Gasteiger partial charge on any atom is 1.00 e. The molecule has 4 heteroatoms. The molecule has 0 atom stereocenters. The molecular weight excluding hydrogens is 133 g/mol. The molecule has 0 N–H and O–H groups in total. The molecule has 50 valence electrons. The molecule has 2 rings (SSSR count). The largest absolute Gasteiger partial charge is 1.00 e. The molecule has 0 saturated heterocycles. The van der Waals surface area contributed by atoms with Gasteiger partial charge in [-0.1, -0.05) is 11.4 Å². The molecule has 2 aromatic heterocycles. The molecule has 0 saturated carbocycles. The molecule has 2 heterocycles. The fourth-order valence-electron chi connectivity index (χ4n) is 0.913. The minimum atomic E-state index is 0. The smallest absolute Gasteiger partial charge is 0.257 e. The monoisotopic (exact) mass is 139 g/mol. The van der Waals surface area contributed by atoms with Crippen molar-refractivity contribution in [2.24, 2.45) is 0 Å². The zero-order valence-electron chi connectivity index (χ0n) is 6.57. The summed E-state index contributed by atoms with van der Waals surface area (Å²) in [5, 5.41) is 7.74. The van der Waals surface area contributed by atoms with Crippen LogP contribution in [0.5, 0.6) is 0 Å². The van der Waals surface area contributed by atoms with Crippen LogP contribution in [0.2, 0.25) is 0 Å². The van der Waals surface area contributed by atoms with Gasteiger partial charge >= 0.3 is 18.9 Å². The third-order valence-electron chi connectivity index (χ3n) is 1.44. The Morgan fingerprint density at radius 2 is 2.36 bits per heavy atom. The second-order valence-electron chi connectivity index (χ2n) is 2.13. The van der Waals surface area contributed by atoms with Crippen molar-refractivity contribution in [3.05, 3.63) is 30.1 Å². The van der Waals surface area contributed by atoms with E-state index in [0.717, 1.165) is 11.2 Å². The molecule has 0 aromatic carbocycles. The summed E-state index contributed by atoms with van der Waals surface area (Å²) < 4.78 is 1.70. The first-order valence-electron chi connectivity index (χ1n) is 3.05. The fraction of sp³-hybridized carbons (Fsp3) is 0.143. The van der Waals surface area contributed by atoms with E-state index < -0.39 is 0 Å². The minimum Gasteiger partial charge on any atom is -0.257 e. The summed E-state index contributed by atoms with van der Waals surface area (Å²) in [5.74, 6) is 0. The Kier molecular flexibility index (Phi) is 2.33. The molecule has 0 aliphatic heterocycles. The summed E-state index contributed by atoms with van der Waals surface area (Å²) in [7, 11) is 0. The van der Waals surface area contributed by atoms with Gasteiger partial charge in [0.2, 0.25) is 0 Å². The molecule has 0 amide bonds. The van der Waals surface area contributed by atoms with Crippen LogP contribution in [0, 0.1) is 13.0 Å². The third kappa shape index (κ3) is 1.30. The van der Waals surface area contributed by atoms with E-state index in [0.29, 0.717) is 0 Å².